The van der Waals surface area contributed by atoms with Gasteiger partial charge in [0.1, 0.15) is 5.75 Å². The van der Waals surface area contributed by atoms with Gasteiger partial charge >= 0.3 is 6.09 Å². The second-order valence-electron chi connectivity index (χ2n) is 8.59. The highest BCUT2D eigenvalue weighted by Gasteiger charge is 2.29. The van der Waals surface area contributed by atoms with Crippen LogP contribution in [0, 0.1) is 5.92 Å². The molecule has 1 unspecified atom stereocenters. The van der Waals surface area contributed by atoms with E-state index < -0.39 is 16.1 Å². The Bertz CT molecular complexity index is 1050. The largest absolute Gasteiger partial charge is 0.492 e. The highest BCUT2D eigenvalue weighted by atomic mass is 32.2. The van der Waals surface area contributed by atoms with E-state index in [1.54, 1.807) is 12.4 Å². The number of aromatic nitrogens is 3. The molecule has 11 nitrogen and oxygen atoms in total. The van der Waals surface area contributed by atoms with E-state index in [0.717, 1.165) is 50.1 Å². The zero-order chi connectivity index (χ0) is 24.0. The zero-order valence-electron chi connectivity index (χ0n) is 19.0. The second-order valence-corrected chi connectivity index (χ2v) is 10.7. The molecule has 0 spiro atoms. The van der Waals surface area contributed by atoms with E-state index in [9.17, 15) is 13.2 Å². The molecule has 34 heavy (non-hydrogen) atoms. The number of carboxylic acid groups (broad SMARTS) is 1. The predicted octanol–water partition coefficient (Wildman–Crippen LogP) is 2.33. The fourth-order valence-corrected chi connectivity index (χ4v) is 5.79. The average molecular weight is 494 g/mol. The number of nitrogens with one attached hydrogen (secondary N) is 1. The van der Waals surface area contributed by atoms with Crippen molar-refractivity contribution in [2.75, 3.05) is 38.6 Å². The quantitative estimate of drug-likeness (QED) is 0.543. The fourth-order valence-electron chi connectivity index (χ4n) is 4.33. The van der Waals surface area contributed by atoms with Gasteiger partial charge in [-0.3, -0.25) is 4.98 Å². The number of hydrogen-bond acceptors (Lipinski definition) is 7. The molecule has 2 aromatic rings. The van der Waals surface area contributed by atoms with Gasteiger partial charge in [0.15, 0.2) is 6.23 Å². The van der Waals surface area contributed by atoms with Gasteiger partial charge < -0.3 is 19.9 Å². The molecule has 2 N–H and O–H groups in total. The van der Waals surface area contributed by atoms with Gasteiger partial charge in [-0.2, -0.15) is 5.10 Å². The Balaban J connectivity index is 1.31. The van der Waals surface area contributed by atoms with Crippen molar-refractivity contribution in [1.82, 2.24) is 24.4 Å². The van der Waals surface area contributed by atoms with Crippen molar-refractivity contribution in [3.05, 3.63) is 30.6 Å². The Labute approximate surface area is 199 Å². The van der Waals surface area contributed by atoms with Crippen LogP contribution in [0.2, 0.25) is 0 Å². The topological polar surface area (TPSA) is 136 Å². The predicted molar refractivity (Wildman–Crippen MR) is 124 cm³/mol. The molecule has 12 heteroatoms. The van der Waals surface area contributed by atoms with Crippen LogP contribution in [-0.4, -0.2) is 77.3 Å². The second kappa shape index (κ2) is 11.2. The van der Waals surface area contributed by atoms with Gasteiger partial charge in [-0.25, -0.2) is 22.2 Å². The molecule has 4 rings (SSSR count). The van der Waals surface area contributed by atoms with Crippen LogP contribution in [0.25, 0.3) is 11.4 Å². The van der Waals surface area contributed by atoms with Crippen molar-refractivity contribution < 1.29 is 27.8 Å². The molecule has 2 aliphatic rings. The summed E-state index contributed by atoms with van der Waals surface area (Å²) in [5.74, 6) is 0.427. The Kier molecular flexibility index (Phi) is 8.01. The molecule has 1 amide bonds. The molecule has 4 heterocycles. The van der Waals surface area contributed by atoms with Crippen LogP contribution in [0.1, 0.15) is 38.3 Å². The number of nitrogens with zero attached hydrogens (tertiary/aromatic N) is 4. The van der Waals surface area contributed by atoms with Gasteiger partial charge in [0.2, 0.25) is 10.0 Å². The van der Waals surface area contributed by atoms with Crippen LogP contribution in [0.15, 0.2) is 30.6 Å². The van der Waals surface area contributed by atoms with E-state index in [2.05, 4.69) is 15.4 Å². The van der Waals surface area contributed by atoms with Crippen LogP contribution >= 0.6 is 0 Å². The molecular weight excluding hydrogens is 462 g/mol. The standard InChI is InChI=1S/C22H31N5O6S/c28-22(29)23-10-13-34(30,31)26-11-3-4-17(15-26)16-33-18-6-7-19(24-14-18)20-8-9-25-27(20)21-5-1-2-12-32-21/h6-9,14,17,21,23H,1-5,10-13,15-16H2,(H,28,29)/t17-,21?/m1/s1. The van der Waals surface area contributed by atoms with E-state index >= 15 is 0 Å². The number of carbonyl (C=O) groups is 1. The molecule has 186 valence electrons. The summed E-state index contributed by atoms with van der Waals surface area (Å²) >= 11 is 0. The summed E-state index contributed by atoms with van der Waals surface area (Å²) in [5.41, 5.74) is 1.67. The number of piperidine rings is 1. The maximum atomic E-state index is 12.5. The molecule has 2 aromatic heterocycles. The number of hydrogen-bond donors (Lipinski definition) is 2. The number of sulfonamides is 1. The number of rotatable bonds is 9. The van der Waals surface area contributed by atoms with Gasteiger partial charge in [0, 0.05) is 38.4 Å². The fraction of sp³-hybridized carbons (Fsp3) is 0.591. The third-order valence-electron chi connectivity index (χ3n) is 6.09. The van der Waals surface area contributed by atoms with Crippen molar-refractivity contribution in [2.45, 2.75) is 38.3 Å². The van der Waals surface area contributed by atoms with E-state index in [1.165, 1.54) is 4.31 Å². The molecule has 0 radical (unpaired) electrons. The van der Waals surface area contributed by atoms with Crippen LogP contribution in [-0.2, 0) is 14.8 Å². The molecule has 2 fully saturated rings. The summed E-state index contributed by atoms with van der Waals surface area (Å²) < 4.78 is 40.1. The Hall–Kier alpha value is -2.70. The summed E-state index contributed by atoms with van der Waals surface area (Å²) in [6.07, 6.45) is 6.85. The lowest BCUT2D eigenvalue weighted by atomic mass is 10.0. The van der Waals surface area contributed by atoms with Crippen LogP contribution in [0.3, 0.4) is 0 Å². The minimum absolute atomic E-state index is 0.0560. The van der Waals surface area contributed by atoms with Crippen molar-refractivity contribution >= 4 is 16.1 Å². The Morgan fingerprint density at radius 3 is 2.85 bits per heavy atom. The third kappa shape index (κ3) is 6.24. The van der Waals surface area contributed by atoms with Gasteiger partial charge in [0.05, 0.1) is 29.9 Å². The highest BCUT2D eigenvalue weighted by molar-refractivity contribution is 7.89. The zero-order valence-corrected chi connectivity index (χ0v) is 19.8. The SMILES string of the molecule is O=C(O)NCCS(=O)(=O)N1CCC[C@@H](COc2ccc(-c3ccnn3C3CCCCO3)nc2)C1. The number of pyridine rings is 1. The summed E-state index contributed by atoms with van der Waals surface area (Å²) in [5, 5.41) is 15.2. The normalized spacial score (nSPS) is 21.8. The van der Waals surface area contributed by atoms with E-state index in [4.69, 9.17) is 14.6 Å². The molecule has 0 saturated carbocycles. The van der Waals surface area contributed by atoms with Gasteiger partial charge in [-0.15, -0.1) is 0 Å². The lowest BCUT2D eigenvalue weighted by Crippen LogP contribution is -2.44. The maximum absolute atomic E-state index is 12.5. The van der Waals surface area contributed by atoms with Crippen LogP contribution in [0.5, 0.6) is 5.75 Å². The third-order valence-corrected chi connectivity index (χ3v) is 7.93. The average Bonchev–Trinajstić information content (AvgIpc) is 3.33. The number of ether oxygens (including phenoxy) is 2. The molecule has 2 aliphatic heterocycles. The lowest BCUT2D eigenvalue weighted by molar-refractivity contribution is -0.0384. The summed E-state index contributed by atoms with van der Waals surface area (Å²) in [4.78, 5) is 15.1. The van der Waals surface area contributed by atoms with Crippen molar-refractivity contribution in [3.8, 4) is 17.1 Å². The summed E-state index contributed by atoms with van der Waals surface area (Å²) in [6, 6.07) is 5.67. The molecular formula is C22H31N5O6S. The van der Waals surface area contributed by atoms with Crippen LogP contribution in [0.4, 0.5) is 4.79 Å². The smallest absolute Gasteiger partial charge is 0.404 e. The molecule has 0 bridgehead atoms. The first-order valence-electron chi connectivity index (χ1n) is 11.6. The van der Waals surface area contributed by atoms with Crippen molar-refractivity contribution in [3.63, 3.8) is 0 Å². The summed E-state index contributed by atoms with van der Waals surface area (Å²) in [7, 11) is -3.52. The van der Waals surface area contributed by atoms with Crippen molar-refractivity contribution in [1.29, 1.82) is 0 Å². The first kappa shape index (κ1) is 24.4. The van der Waals surface area contributed by atoms with E-state index in [0.29, 0.717) is 25.4 Å². The van der Waals surface area contributed by atoms with Crippen LogP contribution < -0.4 is 10.1 Å². The molecule has 0 aromatic carbocycles. The highest BCUT2D eigenvalue weighted by Crippen LogP contribution is 2.28. The van der Waals surface area contributed by atoms with Gasteiger partial charge in [-0.05, 0) is 50.3 Å². The molecule has 0 aliphatic carbocycles. The first-order valence-corrected chi connectivity index (χ1v) is 13.2. The van der Waals surface area contributed by atoms with E-state index in [-0.39, 0.29) is 24.4 Å². The molecule has 2 saturated heterocycles. The first-order chi connectivity index (χ1) is 16.4. The monoisotopic (exact) mass is 493 g/mol. The van der Waals surface area contributed by atoms with E-state index in [1.807, 2.05) is 22.9 Å². The Morgan fingerprint density at radius 1 is 1.24 bits per heavy atom. The van der Waals surface area contributed by atoms with Crippen molar-refractivity contribution in [2.24, 2.45) is 5.92 Å². The van der Waals surface area contributed by atoms with Gasteiger partial charge in [0.25, 0.3) is 0 Å². The molecule has 2 atom stereocenters. The minimum atomic E-state index is -3.52. The lowest BCUT2D eigenvalue weighted by Gasteiger charge is -2.31. The minimum Gasteiger partial charge on any atom is -0.492 e. The van der Waals surface area contributed by atoms with Gasteiger partial charge in [-0.1, -0.05) is 0 Å². The Morgan fingerprint density at radius 2 is 2.12 bits per heavy atom. The number of amides is 1. The summed E-state index contributed by atoms with van der Waals surface area (Å²) in [6.45, 7) is 1.80. The maximum Gasteiger partial charge on any atom is 0.404 e.